The summed E-state index contributed by atoms with van der Waals surface area (Å²) in [5, 5.41) is -0.217. The first-order valence-electron chi connectivity index (χ1n) is 6.68. The molecule has 110 valence electrons. The van der Waals surface area contributed by atoms with E-state index < -0.39 is 0 Å². The molecule has 0 aromatic heterocycles. The Morgan fingerprint density at radius 3 is 2.36 bits per heavy atom. The Bertz CT molecular complexity index is 741. The molecule has 2 amide bonds. The minimum atomic E-state index is -0.225. The fourth-order valence-corrected chi connectivity index (χ4v) is 3.31. The smallest absolute Gasteiger partial charge is 0.268 e. The van der Waals surface area contributed by atoms with E-state index in [0.717, 1.165) is 26.5 Å². The quantitative estimate of drug-likeness (QED) is 0.540. The van der Waals surface area contributed by atoms with Crippen LogP contribution in [0.2, 0.25) is 0 Å². The molecule has 0 unspecified atom stereocenters. The molecule has 0 spiro atoms. The molecule has 1 aliphatic heterocycles. The van der Waals surface area contributed by atoms with Crippen molar-refractivity contribution in [3.63, 3.8) is 0 Å². The first kappa shape index (κ1) is 15.3. The molecule has 0 bridgehead atoms. The zero-order valence-corrected chi connectivity index (χ0v) is 14.5. The van der Waals surface area contributed by atoms with Gasteiger partial charge in [0.1, 0.15) is 0 Å². The van der Waals surface area contributed by atoms with E-state index in [1.807, 2.05) is 54.6 Å². The lowest BCUT2D eigenvalue weighted by molar-refractivity contribution is -0.123. The summed E-state index contributed by atoms with van der Waals surface area (Å²) in [6, 6.07) is 17.4. The summed E-state index contributed by atoms with van der Waals surface area (Å²) < 4.78 is 1.12. The summed E-state index contributed by atoms with van der Waals surface area (Å²) in [7, 11) is 0. The van der Waals surface area contributed by atoms with Gasteiger partial charge in [0.25, 0.3) is 11.1 Å². The van der Waals surface area contributed by atoms with Crippen LogP contribution in [0, 0.1) is 3.57 Å². The third kappa shape index (κ3) is 3.41. The number of amides is 2. The van der Waals surface area contributed by atoms with Crippen LogP contribution in [0.25, 0.3) is 6.08 Å². The van der Waals surface area contributed by atoms with Crippen LogP contribution in [0.3, 0.4) is 0 Å². The number of halogens is 1. The van der Waals surface area contributed by atoms with Crippen molar-refractivity contribution in [2.24, 2.45) is 0 Å². The van der Waals surface area contributed by atoms with Gasteiger partial charge in [-0.05, 0) is 63.7 Å². The summed E-state index contributed by atoms with van der Waals surface area (Å²) in [5.41, 5.74) is 1.87. The van der Waals surface area contributed by atoms with Crippen LogP contribution in [0.5, 0.6) is 0 Å². The molecule has 0 aliphatic carbocycles. The minimum absolute atomic E-state index is 0.217. The normalized spacial score (nSPS) is 16.6. The van der Waals surface area contributed by atoms with Crippen molar-refractivity contribution in [1.82, 2.24) is 4.90 Å². The summed E-state index contributed by atoms with van der Waals surface area (Å²) in [6.07, 6.45) is 1.76. The fraction of sp³-hybridized carbons (Fsp3) is 0.0588. The second kappa shape index (κ2) is 6.66. The van der Waals surface area contributed by atoms with E-state index in [4.69, 9.17) is 0 Å². The van der Waals surface area contributed by atoms with Gasteiger partial charge in [0.15, 0.2) is 0 Å². The Hall–Kier alpha value is -1.60. The van der Waals surface area contributed by atoms with E-state index in [2.05, 4.69) is 22.6 Å². The van der Waals surface area contributed by atoms with Crippen molar-refractivity contribution in [3.05, 3.63) is 74.2 Å². The van der Waals surface area contributed by atoms with Gasteiger partial charge >= 0.3 is 0 Å². The molecule has 1 aliphatic rings. The molecule has 1 heterocycles. The molecule has 1 fully saturated rings. The molecular weight excluding hydrogens is 409 g/mol. The lowest BCUT2D eigenvalue weighted by Crippen LogP contribution is -2.27. The highest BCUT2D eigenvalue weighted by molar-refractivity contribution is 14.1. The highest BCUT2D eigenvalue weighted by atomic mass is 127. The van der Waals surface area contributed by atoms with E-state index in [1.54, 1.807) is 6.08 Å². The Labute approximate surface area is 146 Å². The SMILES string of the molecule is O=C1S/C(=C\c2ccccc2)C(=O)N1Cc1ccc(I)cc1. The Balaban J connectivity index is 1.80. The molecule has 3 nitrogen and oxygen atoms in total. The maximum absolute atomic E-state index is 12.4. The van der Waals surface area contributed by atoms with Crippen LogP contribution in [-0.2, 0) is 11.3 Å². The van der Waals surface area contributed by atoms with Crippen molar-refractivity contribution < 1.29 is 9.59 Å². The summed E-state index contributed by atoms with van der Waals surface area (Å²) >= 11 is 3.22. The molecule has 1 saturated heterocycles. The van der Waals surface area contributed by atoms with Crippen molar-refractivity contribution in [3.8, 4) is 0 Å². The average Bonchev–Trinajstić information content (AvgIpc) is 2.78. The number of imide groups is 1. The predicted octanol–water partition coefficient (Wildman–Crippen LogP) is 4.53. The van der Waals surface area contributed by atoms with Crippen LogP contribution in [0.1, 0.15) is 11.1 Å². The summed E-state index contributed by atoms with van der Waals surface area (Å²) in [5.74, 6) is -0.225. The molecule has 0 saturated carbocycles. The number of carbonyl (C=O) groups excluding carboxylic acids is 2. The molecule has 2 aromatic rings. The largest absolute Gasteiger partial charge is 0.293 e. The van der Waals surface area contributed by atoms with Gasteiger partial charge in [-0.15, -0.1) is 0 Å². The molecule has 2 aromatic carbocycles. The van der Waals surface area contributed by atoms with Gasteiger partial charge in [-0.2, -0.15) is 0 Å². The van der Waals surface area contributed by atoms with Crippen molar-refractivity contribution >= 4 is 51.6 Å². The monoisotopic (exact) mass is 421 g/mol. The molecule has 22 heavy (non-hydrogen) atoms. The van der Waals surface area contributed by atoms with Gasteiger partial charge in [-0.25, -0.2) is 0 Å². The average molecular weight is 421 g/mol. The van der Waals surface area contributed by atoms with E-state index in [0.29, 0.717) is 11.4 Å². The molecular formula is C17H12INO2S. The number of benzene rings is 2. The van der Waals surface area contributed by atoms with Crippen LogP contribution in [0.4, 0.5) is 4.79 Å². The second-order valence-corrected chi connectivity index (χ2v) is 7.04. The van der Waals surface area contributed by atoms with E-state index in [9.17, 15) is 9.59 Å². The van der Waals surface area contributed by atoms with Crippen molar-refractivity contribution in [2.45, 2.75) is 6.54 Å². The Morgan fingerprint density at radius 1 is 1.00 bits per heavy atom. The topological polar surface area (TPSA) is 37.4 Å². The third-order valence-electron chi connectivity index (χ3n) is 3.22. The molecule has 3 rings (SSSR count). The summed E-state index contributed by atoms with van der Waals surface area (Å²) in [4.78, 5) is 26.3. The molecule has 0 atom stereocenters. The molecule has 5 heteroatoms. The molecule has 0 N–H and O–H groups in total. The van der Waals surface area contributed by atoms with Crippen LogP contribution < -0.4 is 0 Å². The number of carbonyl (C=O) groups is 2. The van der Waals surface area contributed by atoms with Gasteiger partial charge in [0.05, 0.1) is 11.4 Å². The zero-order chi connectivity index (χ0) is 15.5. The van der Waals surface area contributed by atoms with Crippen LogP contribution in [0.15, 0.2) is 59.5 Å². The predicted molar refractivity (Wildman–Crippen MR) is 97.1 cm³/mol. The van der Waals surface area contributed by atoms with E-state index >= 15 is 0 Å². The fourth-order valence-electron chi connectivity index (χ4n) is 2.11. The third-order valence-corrected chi connectivity index (χ3v) is 4.85. The molecule has 0 radical (unpaired) electrons. The maximum Gasteiger partial charge on any atom is 0.293 e. The maximum atomic E-state index is 12.4. The standard InChI is InChI=1S/C17H12INO2S/c18-14-8-6-13(7-9-14)11-19-16(20)15(22-17(19)21)10-12-4-2-1-3-5-12/h1-10H,11H2/b15-10-. The highest BCUT2D eigenvalue weighted by Crippen LogP contribution is 2.33. The lowest BCUT2D eigenvalue weighted by Gasteiger charge is -2.12. The van der Waals surface area contributed by atoms with Crippen LogP contribution >= 0.6 is 34.4 Å². The second-order valence-electron chi connectivity index (χ2n) is 4.81. The van der Waals surface area contributed by atoms with Gasteiger partial charge < -0.3 is 0 Å². The van der Waals surface area contributed by atoms with Crippen molar-refractivity contribution in [1.29, 1.82) is 0 Å². The van der Waals surface area contributed by atoms with Crippen LogP contribution in [-0.4, -0.2) is 16.0 Å². The van der Waals surface area contributed by atoms with Gasteiger partial charge in [-0.1, -0.05) is 42.5 Å². The number of rotatable bonds is 3. The first-order valence-corrected chi connectivity index (χ1v) is 8.58. The van der Waals surface area contributed by atoms with Gasteiger partial charge in [-0.3, -0.25) is 14.5 Å². The first-order chi connectivity index (χ1) is 10.6. The lowest BCUT2D eigenvalue weighted by atomic mass is 10.2. The van der Waals surface area contributed by atoms with Crippen molar-refractivity contribution in [2.75, 3.05) is 0 Å². The number of nitrogens with zero attached hydrogens (tertiary/aromatic N) is 1. The zero-order valence-electron chi connectivity index (χ0n) is 11.5. The van der Waals surface area contributed by atoms with E-state index in [-0.39, 0.29) is 11.1 Å². The van der Waals surface area contributed by atoms with Gasteiger partial charge in [0, 0.05) is 3.57 Å². The number of hydrogen-bond acceptors (Lipinski definition) is 3. The number of thioether (sulfide) groups is 1. The summed E-state index contributed by atoms with van der Waals surface area (Å²) in [6.45, 7) is 0.313. The highest BCUT2D eigenvalue weighted by Gasteiger charge is 2.34. The van der Waals surface area contributed by atoms with E-state index in [1.165, 1.54) is 4.90 Å². The van der Waals surface area contributed by atoms with Gasteiger partial charge in [0.2, 0.25) is 0 Å². The minimum Gasteiger partial charge on any atom is -0.268 e. The Morgan fingerprint density at radius 2 is 1.68 bits per heavy atom. The number of hydrogen-bond donors (Lipinski definition) is 0. The Kier molecular flexibility index (Phi) is 4.63.